The van der Waals surface area contributed by atoms with Crippen LogP contribution >= 0.6 is 0 Å². The SMILES string of the molecule is O=C(NC1CC2CC[C@@H](C(=O)O)N2C1=O)OCc1ccccc1. The van der Waals surface area contributed by atoms with Gasteiger partial charge in [0.25, 0.3) is 0 Å². The van der Waals surface area contributed by atoms with E-state index in [1.807, 2.05) is 30.3 Å². The molecular weight excluding hydrogens is 300 g/mol. The van der Waals surface area contributed by atoms with Crippen LogP contribution in [0.15, 0.2) is 30.3 Å². The molecule has 0 radical (unpaired) electrons. The molecule has 2 saturated heterocycles. The van der Waals surface area contributed by atoms with Crippen LogP contribution in [0.2, 0.25) is 0 Å². The Bertz CT molecular complexity index is 618. The van der Waals surface area contributed by atoms with E-state index in [2.05, 4.69) is 5.32 Å². The molecule has 0 aliphatic carbocycles. The topological polar surface area (TPSA) is 95.9 Å². The lowest BCUT2D eigenvalue weighted by atomic mass is 10.1. The van der Waals surface area contributed by atoms with Crippen molar-refractivity contribution in [3.63, 3.8) is 0 Å². The van der Waals surface area contributed by atoms with Crippen molar-refractivity contribution in [1.82, 2.24) is 10.2 Å². The predicted molar refractivity (Wildman–Crippen MR) is 79.5 cm³/mol. The smallest absolute Gasteiger partial charge is 0.408 e. The number of amides is 2. The molecule has 1 aromatic carbocycles. The highest BCUT2D eigenvalue weighted by Gasteiger charge is 2.49. The van der Waals surface area contributed by atoms with Crippen molar-refractivity contribution in [2.75, 3.05) is 0 Å². The number of hydrogen-bond donors (Lipinski definition) is 2. The Morgan fingerprint density at radius 1 is 1.26 bits per heavy atom. The molecule has 2 fully saturated rings. The summed E-state index contributed by atoms with van der Waals surface area (Å²) in [5.74, 6) is -1.33. The van der Waals surface area contributed by atoms with Gasteiger partial charge in [0, 0.05) is 6.04 Å². The second-order valence-corrected chi connectivity index (χ2v) is 5.83. The van der Waals surface area contributed by atoms with E-state index in [4.69, 9.17) is 9.84 Å². The van der Waals surface area contributed by atoms with Crippen LogP contribution in [0.5, 0.6) is 0 Å². The standard InChI is InChI=1S/C16H18N2O5/c19-14-12(8-11-6-7-13(15(20)21)18(11)14)17-16(22)23-9-10-4-2-1-3-5-10/h1-5,11-13H,6-9H2,(H,17,22)(H,20,21)/t11?,12?,13-/m0/s1. The number of nitrogens with zero attached hydrogens (tertiary/aromatic N) is 1. The number of rotatable bonds is 4. The zero-order chi connectivity index (χ0) is 16.4. The third-order valence-corrected chi connectivity index (χ3v) is 4.35. The van der Waals surface area contributed by atoms with Gasteiger partial charge in [-0.25, -0.2) is 9.59 Å². The Labute approximate surface area is 133 Å². The number of ether oxygens (including phenoxy) is 1. The van der Waals surface area contributed by atoms with E-state index < -0.39 is 24.1 Å². The van der Waals surface area contributed by atoms with Crippen molar-refractivity contribution in [3.8, 4) is 0 Å². The van der Waals surface area contributed by atoms with Gasteiger partial charge in [-0.2, -0.15) is 0 Å². The van der Waals surface area contributed by atoms with E-state index in [1.165, 1.54) is 4.90 Å². The predicted octanol–water partition coefficient (Wildman–Crippen LogP) is 1.13. The molecule has 2 heterocycles. The summed E-state index contributed by atoms with van der Waals surface area (Å²) in [6.45, 7) is 0.123. The molecule has 2 aliphatic rings. The van der Waals surface area contributed by atoms with Crippen LogP contribution in [0.3, 0.4) is 0 Å². The number of nitrogens with one attached hydrogen (secondary N) is 1. The number of carboxylic acids is 1. The first-order chi connectivity index (χ1) is 11.1. The molecule has 7 heteroatoms. The maximum Gasteiger partial charge on any atom is 0.408 e. The molecule has 0 saturated carbocycles. The van der Waals surface area contributed by atoms with Gasteiger partial charge in [-0.05, 0) is 24.8 Å². The number of fused-ring (bicyclic) bond motifs is 1. The summed E-state index contributed by atoms with van der Waals surface area (Å²) in [6, 6.07) is 7.64. The fraction of sp³-hybridized carbons (Fsp3) is 0.438. The van der Waals surface area contributed by atoms with Gasteiger partial charge in [-0.15, -0.1) is 0 Å². The van der Waals surface area contributed by atoms with E-state index in [0.29, 0.717) is 19.3 Å². The number of carbonyl (C=O) groups is 3. The Kier molecular flexibility index (Phi) is 4.18. The molecule has 7 nitrogen and oxygen atoms in total. The molecule has 2 N–H and O–H groups in total. The Morgan fingerprint density at radius 2 is 2.00 bits per heavy atom. The minimum atomic E-state index is -0.992. The number of aliphatic carboxylic acids is 1. The Morgan fingerprint density at radius 3 is 2.70 bits per heavy atom. The average Bonchev–Trinajstić information content (AvgIpc) is 3.08. The molecular formula is C16H18N2O5. The summed E-state index contributed by atoms with van der Waals surface area (Å²) < 4.78 is 5.10. The minimum Gasteiger partial charge on any atom is -0.480 e. The summed E-state index contributed by atoms with van der Waals surface area (Å²) in [4.78, 5) is 36.7. The summed E-state index contributed by atoms with van der Waals surface area (Å²) >= 11 is 0. The van der Waals surface area contributed by atoms with Crippen LogP contribution in [0.4, 0.5) is 4.79 Å². The second-order valence-electron chi connectivity index (χ2n) is 5.83. The van der Waals surface area contributed by atoms with Crippen LogP contribution in [0, 0.1) is 0 Å². The summed E-state index contributed by atoms with van der Waals surface area (Å²) in [6.07, 6.45) is 0.889. The summed E-state index contributed by atoms with van der Waals surface area (Å²) in [5, 5.41) is 11.7. The van der Waals surface area contributed by atoms with Gasteiger partial charge >= 0.3 is 12.1 Å². The number of hydrogen-bond acceptors (Lipinski definition) is 4. The fourth-order valence-electron chi connectivity index (χ4n) is 3.27. The number of carbonyl (C=O) groups excluding carboxylic acids is 2. The highest BCUT2D eigenvalue weighted by atomic mass is 16.5. The maximum absolute atomic E-state index is 12.3. The van der Waals surface area contributed by atoms with Gasteiger partial charge in [0.05, 0.1) is 0 Å². The lowest BCUT2D eigenvalue weighted by Gasteiger charge is -2.21. The molecule has 2 aliphatic heterocycles. The number of carboxylic acid groups (broad SMARTS) is 1. The van der Waals surface area contributed by atoms with Crippen LogP contribution in [0.25, 0.3) is 0 Å². The lowest BCUT2D eigenvalue weighted by Crippen LogP contribution is -2.46. The minimum absolute atomic E-state index is 0.108. The molecule has 0 spiro atoms. The van der Waals surface area contributed by atoms with Gasteiger partial charge < -0.3 is 20.1 Å². The van der Waals surface area contributed by atoms with E-state index >= 15 is 0 Å². The zero-order valence-corrected chi connectivity index (χ0v) is 12.5. The monoisotopic (exact) mass is 318 g/mol. The summed E-state index contributed by atoms with van der Waals surface area (Å²) in [5.41, 5.74) is 0.854. The largest absolute Gasteiger partial charge is 0.480 e. The third kappa shape index (κ3) is 3.13. The Balaban J connectivity index is 1.54. The third-order valence-electron chi connectivity index (χ3n) is 4.35. The van der Waals surface area contributed by atoms with E-state index in [9.17, 15) is 14.4 Å². The molecule has 23 heavy (non-hydrogen) atoms. The second kappa shape index (κ2) is 6.28. The molecule has 0 bridgehead atoms. The zero-order valence-electron chi connectivity index (χ0n) is 12.5. The van der Waals surface area contributed by atoms with Crippen molar-refractivity contribution in [1.29, 1.82) is 0 Å². The first-order valence-electron chi connectivity index (χ1n) is 7.58. The lowest BCUT2D eigenvalue weighted by molar-refractivity contribution is -0.147. The molecule has 1 aromatic rings. The van der Waals surface area contributed by atoms with E-state index in [0.717, 1.165) is 5.56 Å². The van der Waals surface area contributed by atoms with Gasteiger partial charge in [0.1, 0.15) is 18.7 Å². The molecule has 0 aromatic heterocycles. The van der Waals surface area contributed by atoms with Crippen molar-refractivity contribution in [3.05, 3.63) is 35.9 Å². The number of benzene rings is 1. The van der Waals surface area contributed by atoms with Crippen LogP contribution in [-0.2, 0) is 20.9 Å². The summed E-state index contributed by atoms with van der Waals surface area (Å²) in [7, 11) is 0. The highest BCUT2D eigenvalue weighted by Crippen LogP contribution is 2.33. The first-order valence-corrected chi connectivity index (χ1v) is 7.58. The van der Waals surface area contributed by atoms with E-state index in [1.54, 1.807) is 0 Å². The fourth-order valence-corrected chi connectivity index (χ4v) is 3.27. The first kappa shape index (κ1) is 15.3. The van der Waals surface area contributed by atoms with Crippen LogP contribution in [-0.4, -0.2) is 46.1 Å². The van der Waals surface area contributed by atoms with Gasteiger partial charge in [0.2, 0.25) is 5.91 Å². The van der Waals surface area contributed by atoms with Gasteiger partial charge in [0.15, 0.2) is 0 Å². The van der Waals surface area contributed by atoms with Crippen LogP contribution in [0.1, 0.15) is 24.8 Å². The quantitative estimate of drug-likeness (QED) is 0.867. The number of alkyl carbamates (subject to hydrolysis) is 1. The molecule has 3 atom stereocenters. The van der Waals surface area contributed by atoms with E-state index in [-0.39, 0.29) is 18.6 Å². The van der Waals surface area contributed by atoms with Crippen molar-refractivity contribution in [2.24, 2.45) is 0 Å². The van der Waals surface area contributed by atoms with Gasteiger partial charge in [-0.1, -0.05) is 30.3 Å². The van der Waals surface area contributed by atoms with Crippen molar-refractivity contribution < 1.29 is 24.2 Å². The molecule has 3 rings (SSSR count). The Hall–Kier alpha value is -2.57. The average molecular weight is 318 g/mol. The maximum atomic E-state index is 12.3. The van der Waals surface area contributed by atoms with Crippen molar-refractivity contribution in [2.45, 2.75) is 44.0 Å². The normalized spacial score (nSPS) is 26.0. The van der Waals surface area contributed by atoms with Crippen LogP contribution < -0.4 is 5.32 Å². The van der Waals surface area contributed by atoms with Gasteiger partial charge in [-0.3, -0.25) is 4.79 Å². The molecule has 2 unspecified atom stereocenters. The molecule has 2 amide bonds. The van der Waals surface area contributed by atoms with Crippen molar-refractivity contribution >= 4 is 18.0 Å². The molecule has 122 valence electrons. The highest BCUT2D eigenvalue weighted by molar-refractivity contribution is 5.92.